The molecule has 1 amide bonds. The van der Waals surface area contributed by atoms with Gasteiger partial charge in [-0.1, -0.05) is 41.4 Å². The summed E-state index contributed by atoms with van der Waals surface area (Å²) < 4.78 is 1.04. The van der Waals surface area contributed by atoms with Gasteiger partial charge in [0.05, 0.1) is 5.02 Å². The first kappa shape index (κ1) is 16.0. The number of aryl methyl sites for hydroxylation is 4. The van der Waals surface area contributed by atoms with Gasteiger partial charge in [0, 0.05) is 15.8 Å². The van der Waals surface area contributed by atoms with Crippen LogP contribution in [-0.4, -0.2) is 5.91 Å². The topological polar surface area (TPSA) is 29.1 Å². The number of carbonyl (C=O) groups is 1. The molecule has 4 heteroatoms. The normalized spacial score (nSPS) is 11.0. The third-order valence-electron chi connectivity index (χ3n) is 3.91. The van der Waals surface area contributed by atoms with Crippen LogP contribution in [0.4, 0.5) is 5.69 Å². The molecule has 0 aliphatic carbocycles. The van der Waals surface area contributed by atoms with E-state index in [2.05, 4.69) is 30.4 Å². The number of fused-ring (bicyclic) bond motifs is 1. The van der Waals surface area contributed by atoms with Gasteiger partial charge >= 0.3 is 0 Å². The predicted molar refractivity (Wildman–Crippen MR) is 100 cm³/mol. The zero-order chi connectivity index (χ0) is 16.7. The SMILES string of the molecule is Cc1cc(C)c(NC(=O)c2sc3cc(C)ccc3c2Cl)c(C)c1. The van der Waals surface area contributed by atoms with Gasteiger partial charge in [0.25, 0.3) is 5.91 Å². The molecule has 118 valence electrons. The van der Waals surface area contributed by atoms with Gasteiger partial charge in [-0.05, 0) is 50.5 Å². The first-order valence-corrected chi connectivity index (χ1v) is 8.64. The Labute approximate surface area is 145 Å². The van der Waals surface area contributed by atoms with Crippen LogP contribution in [-0.2, 0) is 0 Å². The van der Waals surface area contributed by atoms with Crippen LogP contribution >= 0.6 is 22.9 Å². The number of rotatable bonds is 2. The predicted octanol–water partition coefficient (Wildman–Crippen LogP) is 6.04. The molecule has 0 atom stereocenters. The summed E-state index contributed by atoms with van der Waals surface area (Å²) in [6, 6.07) is 10.2. The number of nitrogens with one attached hydrogen (secondary N) is 1. The molecule has 2 nitrogen and oxygen atoms in total. The van der Waals surface area contributed by atoms with Crippen LogP contribution in [0.1, 0.15) is 31.9 Å². The van der Waals surface area contributed by atoms with Crippen molar-refractivity contribution in [1.29, 1.82) is 0 Å². The fourth-order valence-corrected chi connectivity index (χ4v) is 4.38. The molecule has 0 aliphatic heterocycles. The highest BCUT2D eigenvalue weighted by Gasteiger charge is 2.18. The van der Waals surface area contributed by atoms with E-state index in [1.165, 1.54) is 16.9 Å². The second kappa shape index (κ2) is 5.99. The molecule has 0 unspecified atom stereocenters. The summed E-state index contributed by atoms with van der Waals surface area (Å²) >= 11 is 7.86. The second-order valence-corrected chi connectivity index (χ2v) is 7.40. The zero-order valence-electron chi connectivity index (χ0n) is 13.6. The Morgan fingerprint density at radius 1 is 1.00 bits per heavy atom. The standard InChI is InChI=1S/C19H18ClNOS/c1-10-5-6-14-15(9-10)23-18(16(14)20)19(22)21-17-12(3)7-11(2)8-13(17)4/h5-9H,1-4H3,(H,21,22). The Morgan fingerprint density at radius 3 is 2.30 bits per heavy atom. The number of carbonyl (C=O) groups excluding carboxylic acids is 1. The lowest BCUT2D eigenvalue weighted by Gasteiger charge is -2.12. The summed E-state index contributed by atoms with van der Waals surface area (Å²) in [4.78, 5) is 13.3. The van der Waals surface area contributed by atoms with Crippen molar-refractivity contribution in [3.05, 3.63) is 62.5 Å². The molecule has 0 aliphatic rings. The summed E-state index contributed by atoms with van der Waals surface area (Å²) in [5.74, 6) is -0.149. The lowest BCUT2D eigenvalue weighted by atomic mass is 10.1. The van der Waals surface area contributed by atoms with Crippen LogP contribution in [0.3, 0.4) is 0 Å². The minimum absolute atomic E-state index is 0.149. The summed E-state index contributed by atoms with van der Waals surface area (Å²) in [7, 11) is 0. The minimum atomic E-state index is -0.149. The van der Waals surface area contributed by atoms with Crippen LogP contribution in [0.2, 0.25) is 5.02 Å². The average Bonchev–Trinajstić information content (AvgIpc) is 2.79. The molecule has 0 saturated carbocycles. The van der Waals surface area contributed by atoms with Crippen molar-refractivity contribution in [1.82, 2.24) is 0 Å². The van der Waals surface area contributed by atoms with E-state index in [0.717, 1.165) is 32.5 Å². The van der Waals surface area contributed by atoms with Crippen molar-refractivity contribution >= 4 is 44.6 Å². The van der Waals surface area contributed by atoms with Gasteiger partial charge in [0.1, 0.15) is 4.88 Å². The smallest absolute Gasteiger partial charge is 0.267 e. The van der Waals surface area contributed by atoms with Crippen molar-refractivity contribution < 1.29 is 4.79 Å². The third-order valence-corrected chi connectivity index (χ3v) is 5.56. The number of benzene rings is 2. The van der Waals surface area contributed by atoms with Crippen molar-refractivity contribution in [2.24, 2.45) is 0 Å². The number of thiophene rings is 1. The molecule has 3 aromatic rings. The van der Waals surface area contributed by atoms with E-state index < -0.39 is 0 Å². The number of amides is 1. The van der Waals surface area contributed by atoms with Crippen molar-refractivity contribution in [3.8, 4) is 0 Å². The fourth-order valence-electron chi connectivity index (χ4n) is 2.87. The van der Waals surface area contributed by atoms with Gasteiger partial charge in [-0.2, -0.15) is 0 Å². The Morgan fingerprint density at radius 2 is 1.65 bits per heavy atom. The Balaban J connectivity index is 2.00. The largest absolute Gasteiger partial charge is 0.321 e. The molecule has 2 aromatic carbocycles. The molecule has 0 saturated heterocycles. The van der Waals surface area contributed by atoms with Gasteiger partial charge in [-0.15, -0.1) is 11.3 Å². The van der Waals surface area contributed by atoms with Gasteiger partial charge in [0.2, 0.25) is 0 Å². The minimum Gasteiger partial charge on any atom is -0.321 e. The van der Waals surface area contributed by atoms with Crippen LogP contribution in [0.15, 0.2) is 30.3 Å². The van der Waals surface area contributed by atoms with Crippen LogP contribution in [0.25, 0.3) is 10.1 Å². The molecule has 23 heavy (non-hydrogen) atoms. The number of anilines is 1. The molecule has 1 aromatic heterocycles. The van der Waals surface area contributed by atoms with E-state index in [4.69, 9.17) is 11.6 Å². The monoisotopic (exact) mass is 343 g/mol. The third kappa shape index (κ3) is 2.99. The second-order valence-electron chi connectivity index (χ2n) is 5.97. The maximum atomic E-state index is 12.7. The van der Waals surface area contributed by atoms with E-state index in [0.29, 0.717) is 9.90 Å². The molecule has 1 N–H and O–H groups in total. The molecule has 1 heterocycles. The van der Waals surface area contributed by atoms with Gasteiger partial charge < -0.3 is 5.32 Å². The first-order chi connectivity index (χ1) is 10.9. The van der Waals surface area contributed by atoms with Gasteiger partial charge in [-0.25, -0.2) is 0 Å². The summed E-state index contributed by atoms with van der Waals surface area (Å²) in [6.07, 6.45) is 0. The summed E-state index contributed by atoms with van der Waals surface area (Å²) in [5.41, 5.74) is 5.33. The van der Waals surface area contributed by atoms with Crippen molar-refractivity contribution in [3.63, 3.8) is 0 Å². The molecule has 0 bridgehead atoms. The highest BCUT2D eigenvalue weighted by atomic mass is 35.5. The van der Waals surface area contributed by atoms with E-state index in [1.54, 1.807) is 0 Å². The lowest BCUT2D eigenvalue weighted by Crippen LogP contribution is -2.13. The van der Waals surface area contributed by atoms with Crippen LogP contribution in [0, 0.1) is 27.7 Å². The molecule has 3 rings (SSSR count). The van der Waals surface area contributed by atoms with E-state index in [-0.39, 0.29) is 5.91 Å². The quantitative estimate of drug-likeness (QED) is 0.603. The van der Waals surface area contributed by atoms with Crippen LogP contribution < -0.4 is 5.32 Å². The summed E-state index contributed by atoms with van der Waals surface area (Å²) in [5, 5.41) is 4.49. The number of hydrogen-bond acceptors (Lipinski definition) is 2. The van der Waals surface area contributed by atoms with Crippen molar-refractivity contribution in [2.75, 3.05) is 5.32 Å². The Hall–Kier alpha value is -1.84. The number of halogens is 1. The highest BCUT2D eigenvalue weighted by molar-refractivity contribution is 7.21. The fraction of sp³-hybridized carbons (Fsp3) is 0.211. The molecular weight excluding hydrogens is 326 g/mol. The zero-order valence-corrected chi connectivity index (χ0v) is 15.2. The Bertz CT molecular complexity index is 904. The highest BCUT2D eigenvalue weighted by Crippen LogP contribution is 2.36. The molecule has 0 spiro atoms. The van der Waals surface area contributed by atoms with E-state index in [1.807, 2.05) is 32.9 Å². The average molecular weight is 344 g/mol. The van der Waals surface area contributed by atoms with E-state index >= 15 is 0 Å². The van der Waals surface area contributed by atoms with Gasteiger partial charge in [-0.3, -0.25) is 4.79 Å². The van der Waals surface area contributed by atoms with Gasteiger partial charge in [0.15, 0.2) is 0 Å². The molecule has 0 radical (unpaired) electrons. The van der Waals surface area contributed by atoms with Crippen molar-refractivity contribution in [2.45, 2.75) is 27.7 Å². The summed E-state index contributed by atoms with van der Waals surface area (Å²) in [6.45, 7) is 8.10. The maximum absolute atomic E-state index is 12.7. The Kier molecular flexibility index (Phi) is 4.17. The number of hydrogen-bond donors (Lipinski definition) is 1. The lowest BCUT2D eigenvalue weighted by molar-refractivity contribution is 0.103. The maximum Gasteiger partial charge on any atom is 0.267 e. The molecule has 0 fully saturated rings. The molecular formula is C19H18ClNOS. The van der Waals surface area contributed by atoms with Crippen LogP contribution in [0.5, 0.6) is 0 Å². The van der Waals surface area contributed by atoms with E-state index in [9.17, 15) is 4.79 Å². The first-order valence-electron chi connectivity index (χ1n) is 7.44.